The largest absolute Gasteiger partial charge is 0.329 e. The van der Waals surface area contributed by atoms with Gasteiger partial charge in [-0.3, -0.25) is 9.59 Å². The molecule has 0 unspecified atom stereocenters. The van der Waals surface area contributed by atoms with Gasteiger partial charge in [0, 0.05) is 18.5 Å². The fourth-order valence-electron chi connectivity index (χ4n) is 2.23. The number of aryl methyl sites for hydroxylation is 1. The van der Waals surface area contributed by atoms with E-state index in [4.69, 9.17) is 23.2 Å². The molecule has 0 bridgehead atoms. The number of anilines is 1. The van der Waals surface area contributed by atoms with Gasteiger partial charge in [0.15, 0.2) is 0 Å². The molecule has 0 heterocycles. The Morgan fingerprint density at radius 2 is 1.83 bits per heavy atom. The van der Waals surface area contributed by atoms with Crippen LogP contribution in [0.2, 0.25) is 10.0 Å². The smallest absolute Gasteiger partial charge is 0.244 e. The van der Waals surface area contributed by atoms with Crippen LogP contribution in [0.1, 0.15) is 18.1 Å². The minimum atomic E-state index is -0.331. The zero-order valence-corrected chi connectivity index (χ0v) is 15.0. The molecule has 2 aromatic carbocycles. The number of nitrogens with one attached hydrogen (secondary N) is 1. The average molecular weight is 365 g/mol. The van der Waals surface area contributed by atoms with Crippen LogP contribution in [0.3, 0.4) is 0 Å². The van der Waals surface area contributed by atoms with Crippen molar-refractivity contribution in [3.8, 4) is 0 Å². The second-order valence-corrected chi connectivity index (χ2v) is 6.32. The monoisotopic (exact) mass is 364 g/mol. The maximum Gasteiger partial charge on any atom is 0.244 e. The van der Waals surface area contributed by atoms with Crippen LogP contribution in [-0.4, -0.2) is 23.3 Å². The van der Waals surface area contributed by atoms with Gasteiger partial charge < -0.3 is 10.2 Å². The fraction of sp³-hybridized carbons (Fsp3) is 0.222. The molecule has 24 heavy (non-hydrogen) atoms. The standard InChI is InChI=1S/C18H18Cl2N2O2/c1-12-5-3-4-6-14(12)10-22(13(2)23)11-18(24)21-17-9-15(19)7-8-16(17)20/h3-9H,10-11H2,1-2H3,(H,21,24). The summed E-state index contributed by atoms with van der Waals surface area (Å²) in [5.41, 5.74) is 2.50. The highest BCUT2D eigenvalue weighted by Crippen LogP contribution is 2.25. The van der Waals surface area contributed by atoms with Crippen LogP contribution in [0.5, 0.6) is 0 Å². The number of amides is 2. The van der Waals surface area contributed by atoms with Crippen molar-refractivity contribution in [3.63, 3.8) is 0 Å². The first kappa shape index (κ1) is 18.3. The van der Waals surface area contributed by atoms with Gasteiger partial charge in [0.25, 0.3) is 0 Å². The Kier molecular flexibility index (Phi) is 6.23. The number of carbonyl (C=O) groups excluding carboxylic acids is 2. The summed E-state index contributed by atoms with van der Waals surface area (Å²) in [7, 11) is 0. The Labute approximate surface area is 151 Å². The molecule has 0 aliphatic rings. The maximum absolute atomic E-state index is 12.3. The van der Waals surface area contributed by atoms with E-state index in [2.05, 4.69) is 5.32 Å². The molecule has 0 saturated carbocycles. The second kappa shape index (κ2) is 8.18. The van der Waals surface area contributed by atoms with Gasteiger partial charge in [-0.25, -0.2) is 0 Å². The summed E-state index contributed by atoms with van der Waals surface area (Å²) >= 11 is 11.9. The van der Waals surface area contributed by atoms with Gasteiger partial charge in [-0.05, 0) is 36.2 Å². The van der Waals surface area contributed by atoms with Crippen molar-refractivity contribution < 1.29 is 9.59 Å². The lowest BCUT2D eigenvalue weighted by Gasteiger charge is -2.21. The molecule has 126 valence electrons. The molecule has 1 N–H and O–H groups in total. The molecule has 2 amide bonds. The van der Waals surface area contributed by atoms with Crippen molar-refractivity contribution in [1.29, 1.82) is 0 Å². The normalized spacial score (nSPS) is 10.3. The number of hydrogen-bond acceptors (Lipinski definition) is 2. The summed E-state index contributed by atoms with van der Waals surface area (Å²) in [5, 5.41) is 3.55. The van der Waals surface area contributed by atoms with Crippen LogP contribution in [0.4, 0.5) is 5.69 Å². The van der Waals surface area contributed by atoms with Crippen molar-refractivity contribution in [2.75, 3.05) is 11.9 Å². The number of benzene rings is 2. The summed E-state index contributed by atoms with van der Waals surface area (Å²) in [6.45, 7) is 3.72. The topological polar surface area (TPSA) is 49.4 Å². The first-order valence-corrected chi connectivity index (χ1v) is 8.17. The first-order chi connectivity index (χ1) is 11.4. The Hall–Kier alpha value is -2.04. The molecule has 0 aliphatic heterocycles. The Bertz CT molecular complexity index is 762. The quantitative estimate of drug-likeness (QED) is 0.859. The van der Waals surface area contributed by atoms with E-state index in [1.165, 1.54) is 11.8 Å². The van der Waals surface area contributed by atoms with Crippen molar-refractivity contribution in [1.82, 2.24) is 4.90 Å². The van der Waals surface area contributed by atoms with Crippen molar-refractivity contribution in [2.24, 2.45) is 0 Å². The molecule has 0 saturated heterocycles. The molecule has 0 aromatic heterocycles. The van der Waals surface area contributed by atoms with Gasteiger partial charge in [-0.15, -0.1) is 0 Å². The van der Waals surface area contributed by atoms with E-state index in [1.54, 1.807) is 18.2 Å². The van der Waals surface area contributed by atoms with Crippen molar-refractivity contribution in [2.45, 2.75) is 20.4 Å². The van der Waals surface area contributed by atoms with Gasteiger partial charge >= 0.3 is 0 Å². The highest BCUT2D eigenvalue weighted by atomic mass is 35.5. The minimum absolute atomic E-state index is 0.0630. The lowest BCUT2D eigenvalue weighted by atomic mass is 10.1. The Balaban J connectivity index is 2.07. The molecular formula is C18H18Cl2N2O2. The molecule has 0 spiro atoms. The van der Waals surface area contributed by atoms with E-state index in [-0.39, 0.29) is 18.4 Å². The van der Waals surface area contributed by atoms with E-state index < -0.39 is 0 Å². The van der Waals surface area contributed by atoms with Crippen molar-refractivity contribution in [3.05, 3.63) is 63.6 Å². The third-order valence-corrected chi connectivity index (χ3v) is 4.17. The third kappa shape index (κ3) is 4.98. The SMILES string of the molecule is CC(=O)N(CC(=O)Nc1cc(Cl)ccc1Cl)Cc1ccccc1C. The highest BCUT2D eigenvalue weighted by Gasteiger charge is 2.16. The summed E-state index contributed by atoms with van der Waals surface area (Å²) in [4.78, 5) is 25.6. The number of hydrogen-bond donors (Lipinski definition) is 1. The number of halogens is 2. The van der Waals surface area contributed by atoms with Gasteiger partial charge in [0.1, 0.15) is 6.54 Å². The first-order valence-electron chi connectivity index (χ1n) is 7.41. The maximum atomic E-state index is 12.3. The molecule has 6 heteroatoms. The van der Waals surface area contributed by atoms with E-state index in [1.807, 2.05) is 31.2 Å². The number of rotatable bonds is 5. The lowest BCUT2D eigenvalue weighted by Crippen LogP contribution is -2.36. The van der Waals surface area contributed by atoms with Gasteiger partial charge in [0.2, 0.25) is 11.8 Å². The summed E-state index contributed by atoms with van der Waals surface area (Å²) in [6.07, 6.45) is 0. The summed E-state index contributed by atoms with van der Waals surface area (Å²) in [5.74, 6) is -0.506. The molecule has 0 radical (unpaired) electrons. The Morgan fingerprint density at radius 3 is 2.50 bits per heavy atom. The predicted molar refractivity (Wildman–Crippen MR) is 97.4 cm³/mol. The van der Waals surface area contributed by atoms with Crippen LogP contribution in [0.15, 0.2) is 42.5 Å². The highest BCUT2D eigenvalue weighted by molar-refractivity contribution is 6.35. The van der Waals surface area contributed by atoms with Gasteiger partial charge in [-0.1, -0.05) is 47.5 Å². The van der Waals surface area contributed by atoms with Crippen molar-refractivity contribution >= 4 is 40.7 Å². The molecule has 4 nitrogen and oxygen atoms in total. The molecular weight excluding hydrogens is 347 g/mol. The predicted octanol–water partition coefficient (Wildman–Crippen LogP) is 4.29. The van der Waals surface area contributed by atoms with Gasteiger partial charge in [-0.2, -0.15) is 0 Å². The van der Waals surface area contributed by atoms with E-state index in [0.717, 1.165) is 11.1 Å². The molecule has 2 aromatic rings. The lowest BCUT2D eigenvalue weighted by molar-refractivity contribution is -0.133. The summed E-state index contributed by atoms with van der Waals surface area (Å²) in [6, 6.07) is 12.6. The fourth-order valence-corrected chi connectivity index (χ4v) is 2.56. The molecule has 0 atom stereocenters. The Morgan fingerprint density at radius 1 is 1.12 bits per heavy atom. The molecule has 0 aliphatic carbocycles. The zero-order chi connectivity index (χ0) is 17.7. The number of carbonyl (C=O) groups is 2. The third-order valence-electron chi connectivity index (χ3n) is 3.60. The van der Waals surface area contributed by atoms with E-state index in [0.29, 0.717) is 22.3 Å². The molecule has 2 rings (SSSR count). The van der Waals surface area contributed by atoms with E-state index >= 15 is 0 Å². The summed E-state index contributed by atoms with van der Waals surface area (Å²) < 4.78 is 0. The van der Waals surface area contributed by atoms with E-state index in [9.17, 15) is 9.59 Å². The average Bonchev–Trinajstić information content (AvgIpc) is 2.52. The molecule has 0 fully saturated rings. The van der Waals surface area contributed by atoms with Crippen LogP contribution >= 0.6 is 23.2 Å². The second-order valence-electron chi connectivity index (χ2n) is 5.47. The van der Waals surface area contributed by atoms with Crippen LogP contribution in [-0.2, 0) is 16.1 Å². The van der Waals surface area contributed by atoms with Crippen LogP contribution in [0.25, 0.3) is 0 Å². The van der Waals surface area contributed by atoms with Gasteiger partial charge in [0.05, 0.1) is 10.7 Å². The number of nitrogens with zero attached hydrogens (tertiary/aromatic N) is 1. The van der Waals surface area contributed by atoms with Crippen LogP contribution < -0.4 is 5.32 Å². The zero-order valence-electron chi connectivity index (χ0n) is 13.5. The minimum Gasteiger partial charge on any atom is -0.329 e. The van der Waals surface area contributed by atoms with Crippen LogP contribution in [0, 0.1) is 6.92 Å².